The van der Waals surface area contributed by atoms with Crippen LogP contribution in [-0.4, -0.2) is 42.9 Å². The number of hydrogen-bond acceptors (Lipinski definition) is 4. The Hall–Kier alpha value is -1.33. The fraction of sp³-hybridized carbons (Fsp3) is 0.538. The van der Waals surface area contributed by atoms with Crippen LogP contribution in [-0.2, 0) is 4.74 Å². The Morgan fingerprint density at radius 2 is 2.21 bits per heavy atom. The molecule has 0 aliphatic carbocycles. The lowest BCUT2D eigenvalue weighted by molar-refractivity contribution is 0.0697. The van der Waals surface area contributed by atoms with Gasteiger partial charge in [-0.05, 0) is 30.9 Å². The first kappa shape index (κ1) is 14.1. The molecule has 2 heterocycles. The quantitative estimate of drug-likeness (QED) is 0.860. The monoisotopic (exact) mass is 284 g/mol. The number of carbonyl (C=O) groups is 1. The lowest BCUT2D eigenvalue weighted by Crippen LogP contribution is -2.36. The Bertz CT molecular complexity index is 459. The highest BCUT2D eigenvalue weighted by Crippen LogP contribution is 2.26. The predicted octanol–water partition coefficient (Wildman–Crippen LogP) is 2.30. The van der Waals surface area contributed by atoms with Crippen LogP contribution < -0.4 is 4.90 Å². The van der Waals surface area contributed by atoms with E-state index in [2.05, 4.69) is 4.98 Å². The fourth-order valence-electron chi connectivity index (χ4n) is 2.38. The number of halogens is 1. The van der Waals surface area contributed by atoms with Crippen LogP contribution >= 0.6 is 11.6 Å². The minimum absolute atomic E-state index is 0.203. The van der Waals surface area contributed by atoms with Crippen LogP contribution in [0.5, 0.6) is 0 Å². The zero-order chi connectivity index (χ0) is 13.8. The van der Waals surface area contributed by atoms with Gasteiger partial charge in [-0.2, -0.15) is 0 Å². The topological polar surface area (TPSA) is 62.7 Å². The van der Waals surface area contributed by atoms with Crippen LogP contribution in [0.4, 0.5) is 5.82 Å². The second-order valence-electron chi connectivity index (χ2n) is 4.70. The average Bonchev–Trinajstić information content (AvgIpc) is 2.39. The van der Waals surface area contributed by atoms with E-state index in [1.165, 1.54) is 12.1 Å². The Morgan fingerprint density at radius 1 is 1.53 bits per heavy atom. The summed E-state index contributed by atoms with van der Waals surface area (Å²) in [6.45, 7) is 2.31. The van der Waals surface area contributed by atoms with E-state index in [1.54, 1.807) is 7.11 Å². The van der Waals surface area contributed by atoms with Crippen molar-refractivity contribution in [2.45, 2.75) is 12.8 Å². The van der Waals surface area contributed by atoms with Gasteiger partial charge in [-0.3, -0.25) is 0 Å². The highest BCUT2D eigenvalue weighted by Gasteiger charge is 2.24. The molecule has 0 radical (unpaired) electrons. The van der Waals surface area contributed by atoms with Crippen molar-refractivity contribution in [2.75, 3.05) is 31.7 Å². The van der Waals surface area contributed by atoms with Crippen molar-refractivity contribution in [3.8, 4) is 0 Å². The summed E-state index contributed by atoms with van der Waals surface area (Å²) in [5.41, 5.74) is 0.203. The number of hydrogen-bond donors (Lipinski definition) is 1. The molecule has 1 N–H and O–H groups in total. The Balaban J connectivity index is 2.14. The molecule has 0 aromatic carbocycles. The summed E-state index contributed by atoms with van der Waals surface area (Å²) in [5.74, 6) is 0.0303. The first-order valence-electron chi connectivity index (χ1n) is 6.25. The van der Waals surface area contributed by atoms with Crippen molar-refractivity contribution in [1.82, 2.24) is 4.98 Å². The molecule has 1 fully saturated rings. The maximum absolute atomic E-state index is 11.2. The van der Waals surface area contributed by atoms with Gasteiger partial charge in [0.25, 0.3) is 0 Å². The zero-order valence-electron chi connectivity index (χ0n) is 10.8. The molecule has 0 unspecified atom stereocenters. The largest absolute Gasteiger partial charge is 0.478 e. The molecule has 1 saturated heterocycles. The third-order valence-corrected chi connectivity index (χ3v) is 3.60. The van der Waals surface area contributed by atoms with Gasteiger partial charge in [0.15, 0.2) is 0 Å². The summed E-state index contributed by atoms with van der Waals surface area (Å²) >= 11 is 5.87. The Kier molecular flexibility index (Phi) is 4.61. The first-order valence-corrected chi connectivity index (χ1v) is 6.63. The molecule has 0 amide bonds. The minimum Gasteiger partial charge on any atom is -0.478 e. The maximum Gasteiger partial charge on any atom is 0.339 e. The second kappa shape index (κ2) is 6.21. The van der Waals surface area contributed by atoms with Crippen LogP contribution in [0.2, 0.25) is 5.15 Å². The second-order valence-corrected chi connectivity index (χ2v) is 5.08. The van der Waals surface area contributed by atoms with E-state index in [4.69, 9.17) is 16.3 Å². The summed E-state index contributed by atoms with van der Waals surface area (Å²) in [5, 5.41) is 9.51. The highest BCUT2D eigenvalue weighted by molar-refractivity contribution is 6.29. The van der Waals surface area contributed by atoms with E-state index in [0.717, 1.165) is 32.5 Å². The maximum atomic E-state index is 11.2. The summed E-state index contributed by atoms with van der Waals surface area (Å²) in [6.07, 6.45) is 1.95. The van der Waals surface area contributed by atoms with Gasteiger partial charge in [0.2, 0.25) is 0 Å². The molecule has 0 saturated carbocycles. The van der Waals surface area contributed by atoms with Crippen molar-refractivity contribution in [3.63, 3.8) is 0 Å². The smallest absolute Gasteiger partial charge is 0.339 e. The third kappa shape index (κ3) is 3.36. The van der Waals surface area contributed by atoms with Gasteiger partial charge in [-0.1, -0.05) is 11.6 Å². The molecule has 1 aromatic heterocycles. The van der Waals surface area contributed by atoms with Gasteiger partial charge in [-0.15, -0.1) is 0 Å². The predicted molar refractivity (Wildman–Crippen MR) is 73.0 cm³/mol. The van der Waals surface area contributed by atoms with Gasteiger partial charge >= 0.3 is 5.97 Å². The fourth-order valence-corrected chi connectivity index (χ4v) is 2.52. The van der Waals surface area contributed by atoms with Gasteiger partial charge in [0.05, 0.1) is 0 Å². The number of aromatic nitrogens is 1. The lowest BCUT2D eigenvalue weighted by Gasteiger charge is -2.33. The molecular formula is C13H17ClN2O3. The Morgan fingerprint density at radius 3 is 2.79 bits per heavy atom. The van der Waals surface area contributed by atoms with Gasteiger partial charge in [-0.25, -0.2) is 9.78 Å². The molecular weight excluding hydrogens is 268 g/mol. The number of carboxylic acid groups (broad SMARTS) is 1. The summed E-state index contributed by atoms with van der Waals surface area (Å²) < 4.78 is 5.15. The molecule has 0 atom stereocenters. The summed E-state index contributed by atoms with van der Waals surface area (Å²) in [6, 6.07) is 3.01. The first-order chi connectivity index (χ1) is 9.11. The molecule has 2 rings (SSSR count). The SMILES string of the molecule is COCC1CCN(c2nc(Cl)ccc2C(=O)O)CC1. The number of piperidine rings is 1. The van der Waals surface area contributed by atoms with E-state index < -0.39 is 5.97 Å². The number of anilines is 1. The number of pyridine rings is 1. The molecule has 19 heavy (non-hydrogen) atoms. The van der Waals surface area contributed by atoms with Gasteiger partial charge in [0, 0.05) is 26.8 Å². The number of methoxy groups -OCH3 is 1. The van der Waals surface area contributed by atoms with E-state index >= 15 is 0 Å². The van der Waals surface area contributed by atoms with E-state index in [-0.39, 0.29) is 5.56 Å². The average molecular weight is 285 g/mol. The van der Waals surface area contributed by atoms with Gasteiger partial charge in [0.1, 0.15) is 16.5 Å². The van der Waals surface area contributed by atoms with Crippen molar-refractivity contribution < 1.29 is 14.6 Å². The molecule has 104 valence electrons. The highest BCUT2D eigenvalue weighted by atomic mass is 35.5. The van der Waals surface area contributed by atoms with E-state index in [1.807, 2.05) is 4.90 Å². The van der Waals surface area contributed by atoms with Crippen molar-refractivity contribution in [1.29, 1.82) is 0 Å². The normalized spacial score (nSPS) is 16.6. The number of nitrogens with zero attached hydrogens (tertiary/aromatic N) is 2. The zero-order valence-corrected chi connectivity index (χ0v) is 11.6. The lowest BCUT2D eigenvalue weighted by atomic mass is 9.97. The molecule has 1 aromatic rings. The van der Waals surface area contributed by atoms with Crippen molar-refractivity contribution in [2.24, 2.45) is 5.92 Å². The van der Waals surface area contributed by atoms with Crippen LogP contribution in [0.3, 0.4) is 0 Å². The molecule has 0 bridgehead atoms. The van der Waals surface area contributed by atoms with Crippen LogP contribution in [0, 0.1) is 5.92 Å². The molecule has 0 spiro atoms. The van der Waals surface area contributed by atoms with Crippen molar-refractivity contribution >= 4 is 23.4 Å². The van der Waals surface area contributed by atoms with Crippen LogP contribution in [0.15, 0.2) is 12.1 Å². The third-order valence-electron chi connectivity index (χ3n) is 3.39. The van der Waals surface area contributed by atoms with Crippen molar-refractivity contribution in [3.05, 3.63) is 22.8 Å². The molecule has 1 aliphatic heterocycles. The van der Waals surface area contributed by atoms with E-state index in [0.29, 0.717) is 16.9 Å². The number of rotatable bonds is 4. The number of carboxylic acids is 1. The number of aromatic carboxylic acids is 1. The summed E-state index contributed by atoms with van der Waals surface area (Å²) in [7, 11) is 1.70. The minimum atomic E-state index is -0.974. The van der Waals surface area contributed by atoms with E-state index in [9.17, 15) is 9.90 Å². The molecule has 5 nitrogen and oxygen atoms in total. The molecule has 1 aliphatic rings. The van der Waals surface area contributed by atoms with Crippen LogP contribution in [0.25, 0.3) is 0 Å². The standard InChI is InChI=1S/C13H17ClN2O3/c1-19-8-9-4-6-16(7-5-9)12-10(13(17)18)2-3-11(14)15-12/h2-3,9H,4-8H2,1H3,(H,17,18). The Labute approximate surface area is 117 Å². The summed E-state index contributed by atoms with van der Waals surface area (Å²) in [4.78, 5) is 17.4. The number of ether oxygens (including phenoxy) is 1. The van der Waals surface area contributed by atoms with Gasteiger partial charge < -0.3 is 14.7 Å². The van der Waals surface area contributed by atoms with Crippen LogP contribution in [0.1, 0.15) is 23.2 Å². The molecule has 6 heteroatoms.